The van der Waals surface area contributed by atoms with Gasteiger partial charge >= 0.3 is 0 Å². The van der Waals surface area contributed by atoms with E-state index in [0.717, 1.165) is 34.4 Å². The van der Waals surface area contributed by atoms with E-state index in [2.05, 4.69) is 4.57 Å². The highest BCUT2D eigenvalue weighted by atomic mass is 35.5. The van der Waals surface area contributed by atoms with Crippen LogP contribution in [0.25, 0.3) is 11.8 Å². The maximum Gasteiger partial charge on any atom is 0.298 e. The van der Waals surface area contributed by atoms with Gasteiger partial charge < -0.3 is 4.57 Å². The molecule has 2 aromatic carbocycles. The van der Waals surface area contributed by atoms with Gasteiger partial charge in [-0.3, -0.25) is 9.59 Å². The van der Waals surface area contributed by atoms with Gasteiger partial charge in [0, 0.05) is 22.1 Å². The molecule has 4 nitrogen and oxygen atoms in total. The Hall–Kier alpha value is -2.76. The number of thioether (sulfide) groups is 1. The fourth-order valence-corrected chi connectivity index (χ4v) is 4.37. The lowest BCUT2D eigenvalue weighted by Gasteiger charge is -2.12. The van der Waals surface area contributed by atoms with Crippen molar-refractivity contribution in [1.82, 2.24) is 4.57 Å². The Kier molecular flexibility index (Phi) is 4.87. The Morgan fingerprint density at radius 1 is 0.929 bits per heavy atom. The van der Waals surface area contributed by atoms with Gasteiger partial charge in [0.25, 0.3) is 11.1 Å². The molecule has 0 aliphatic carbocycles. The molecular weight excluding hydrogens is 392 g/mol. The molecule has 0 N–H and O–H groups in total. The molecule has 6 heteroatoms. The number of anilines is 1. The van der Waals surface area contributed by atoms with Crippen molar-refractivity contribution in [3.63, 3.8) is 0 Å². The van der Waals surface area contributed by atoms with Gasteiger partial charge in [-0.2, -0.15) is 0 Å². The van der Waals surface area contributed by atoms with Gasteiger partial charge in [0.15, 0.2) is 0 Å². The first kappa shape index (κ1) is 18.6. The summed E-state index contributed by atoms with van der Waals surface area (Å²) < 4.78 is 2.13. The SMILES string of the molecule is Cc1cc(/C=C2\SC(=O)N(c3cccc(Cl)c3)C2=O)c(C)n1-c1ccccc1. The van der Waals surface area contributed by atoms with Crippen molar-refractivity contribution in [1.29, 1.82) is 0 Å². The minimum atomic E-state index is -0.332. The second-order valence-electron chi connectivity index (χ2n) is 6.49. The zero-order valence-electron chi connectivity index (χ0n) is 15.3. The number of carbonyl (C=O) groups excluding carboxylic acids is 2. The van der Waals surface area contributed by atoms with E-state index >= 15 is 0 Å². The fourth-order valence-electron chi connectivity index (χ4n) is 3.35. The van der Waals surface area contributed by atoms with Gasteiger partial charge in [0.05, 0.1) is 10.6 Å². The zero-order valence-corrected chi connectivity index (χ0v) is 16.9. The van der Waals surface area contributed by atoms with Crippen LogP contribution in [0.2, 0.25) is 5.02 Å². The Balaban J connectivity index is 1.71. The maximum atomic E-state index is 12.9. The zero-order chi connectivity index (χ0) is 19.8. The van der Waals surface area contributed by atoms with Gasteiger partial charge in [-0.1, -0.05) is 35.9 Å². The van der Waals surface area contributed by atoms with E-state index in [0.29, 0.717) is 15.6 Å². The van der Waals surface area contributed by atoms with E-state index < -0.39 is 0 Å². The highest BCUT2D eigenvalue weighted by Crippen LogP contribution is 2.37. The Morgan fingerprint density at radius 2 is 1.64 bits per heavy atom. The Morgan fingerprint density at radius 3 is 2.36 bits per heavy atom. The standard InChI is InChI=1S/C22H17ClN2O2S/c1-14-11-16(15(2)24(14)18-8-4-3-5-9-18)12-20-21(26)25(22(27)28-20)19-10-6-7-17(23)13-19/h3-13H,1-2H3/b20-12-. The summed E-state index contributed by atoms with van der Waals surface area (Å²) in [6, 6.07) is 18.8. The molecule has 28 heavy (non-hydrogen) atoms. The number of benzene rings is 2. The summed E-state index contributed by atoms with van der Waals surface area (Å²) in [4.78, 5) is 26.9. The summed E-state index contributed by atoms with van der Waals surface area (Å²) in [5.41, 5.74) is 4.53. The molecule has 4 rings (SSSR count). The molecule has 2 heterocycles. The number of carbonyl (C=O) groups is 2. The van der Waals surface area contributed by atoms with Crippen LogP contribution in [0, 0.1) is 13.8 Å². The molecule has 0 atom stereocenters. The minimum Gasteiger partial charge on any atom is -0.318 e. The van der Waals surface area contributed by atoms with E-state index in [4.69, 9.17) is 11.6 Å². The number of nitrogens with zero attached hydrogens (tertiary/aromatic N) is 2. The molecule has 3 aromatic rings. The van der Waals surface area contributed by atoms with Crippen molar-refractivity contribution < 1.29 is 9.59 Å². The van der Waals surface area contributed by atoms with E-state index in [1.165, 1.54) is 4.90 Å². The molecule has 0 radical (unpaired) electrons. The van der Waals surface area contributed by atoms with Gasteiger partial charge in [-0.25, -0.2) is 4.90 Å². The molecule has 0 bridgehead atoms. The summed E-state index contributed by atoms with van der Waals surface area (Å²) >= 11 is 6.95. The van der Waals surface area contributed by atoms with Crippen LogP contribution in [0.1, 0.15) is 17.0 Å². The third-order valence-electron chi connectivity index (χ3n) is 4.63. The van der Waals surface area contributed by atoms with E-state index in [1.807, 2.05) is 50.2 Å². The number of aromatic nitrogens is 1. The van der Waals surface area contributed by atoms with Crippen LogP contribution in [-0.2, 0) is 4.79 Å². The first-order valence-corrected chi connectivity index (χ1v) is 9.93. The van der Waals surface area contributed by atoms with Crippen LogP contribution in [0.5, 0.6) is 0 Å². The lowest BCUT2D eigenvalue weighted by Crippen LogP contribution is -2.27. The lowest BCUT2D eigenvalue weighted by molar-refractivity contribution is -0.113. The Bertz CT molecular complexity index is 1120. The highest BCUT2D eigenvalue weighted by molar-refractivity contribution is 8.19. The molecule has 1 aromatic heterocycles. The molecule has 140 valence electrons. The normalized spacial score (nSPS) is 15.7. The molecule has 0 saturated carbocycles. The molecular formula is C22H17ClN2O2S. The summed E-state index contributed by atoms with van der Waals surface area (Å²) in [6.07, 6.45) is 1.79. The molecule has 0 unspecified atom stereocenters. The van der Waals surface area contributed by atoms with Crippen molar-refractivity contribution in [3.8, 4) is 5.69 Å². The quantitative estimate of drug-likeness (QED) is 0.500. The minimum absolute atomic E-state index is 0.324. The second kappa shape index (κ2) is 7.34. The molecule has 1 fully saturated rings. The first-order valence-electron chi connectivity index (χ1n) is 8.73. The van der Waals surface area contributed by atoms with Crippen LogP contribution >= 0.6 is 23.4 Å². The van der Waals surface area contributed by atoms with Gasteiger partial charge in [-0.05, 0) is 73.6 Å². The highest BCUT2D eigenvalue weighted by Gasteiger charge is 2.36. The van der Waals surface area contributed by atoms with E-state index in [-0.39, 0.29) is 11.1 Å². The predicted molar refractivity (Wildman–Crippen MR) is 115 cm³/mol. The van der Waals surface area contributed by atoms with Crippen LogP contribution in [-0.4, -0.2) is 15.7 Å². The third-order valence-corrected chi connectivity index (χ3v) is 5.74. The summed E-state index contributed by atoms with van der Waals surface area (Å²) in [5, 5.41) is 0.155. The number of hydrogen-bond acceptors (Lipinski definition) is 3. The molecule has 0 spiro atoms. The summed E-state index contributed by atoms with van der Waals surface area (Å²) in [7, 11) is 0. The second-order valence-corrected chi connectivity index (χ2v) is 7.92. The van der Waals surface area contributed by atoms with Crippen LogP contribution in [0.3, 0.4) is 0 Å². The van der Waals surface area contributed by atoms with Crippen molar-refractivity contribution >= 4 is 46.3 Å². The fraction of sp³-hybridized carbons (Fsp3) is 0.0909. The number of para-hydroxylation sites is 1. The maximum absolute atomic E-state index is 12.9. The summed E-state index contributed by atoms with van der Waals surface area (Å²) in [5.74, 6) is -0.332. The number of halogens is 1. The van der Waals surface area contributed by atoms with Crippen LogP contribution in [0.4, 0.5) is 10.5 Å². The molecule has 2 amide bonds. The third kappa shape index (κ3) is 3.28. The molecule has 1 saturated heterocycles. The Labute approximate surface area is 172 Å². The van der Waals surface area contributed by atoms with Crippen LogP contribution in [0.15, 0.2) is 65.6 Å². The molecule has 1 aliphatic rings. The average Bonchev–Trinajstić information content (AvgIpc) is 3.11. The van der Waals surface area contributed by atoms with E-state index in [9.17, 15) is 9.59 Å². The van der Waals surface area contributed by atoms with E-state index in [1.54, 1.807) is 30.3 Å². The monoisotopic (exact) mass is 408 g/mol. The van der Waals surface area contributed by atoms with Gasteiger partial charge in [0.2, 0.25) is 0 Å². The van der Waals surface area contributed by atoms with Gasteiger partial charge in [0.1, 0.15) is 0 Å². The topological polar surface area (TPSA) is 42.3 Å². The average molecular weight is 409 g/mol. The van der Waals surface area contributed by atoms with Crippen molar-refractivity contribution in [2.75, 3.05) is 4.90 Å². The largest absolute Gasteiger partial charge is 0.318 e. The van der Waals surface area contributed by atoms with Crippen molar-refractivity contribution in [3.05, 3.63) is 87.5 Å². The number of amides is 2. The number of aryl methyl sites for hydroxylation is 1. The number of hydrogen-bond donors (Lipinski definition) is 0. The van der Waals surface area contributed by atoms with Crippen LogP contribution < -0.4 is 4.90 Å². The lowest BCUT2D eigenvalue weighted by atomic mass is 10.2. The van der Waals surface area contributed by atoms with Crippen molar-refractivity contribution in [2.45, 2.75) is 13.8 Å². The summed E-state index contributed by atoms with van der Waals surface area (Å²) in [6.45, 7) is 4.03. The predicted octanol–water partition coefficient (Wildman–Crippen LogP) is 5.99. The first-order chi connectivity index (χ1) is 13.5. The number of rotatable bonds is 3. The molecule has 1 aliphatic heterocycles. The smallest absolute Gasteiger partial charge is 0.298 e. The van der Waals surface area contributed by atoms with Crippen molar-refractivity contribution in [2.24, 2.45) is 0 Å². The van der Waals surface area contributed by atoms with Gasteiger partial charge in [-0.15, -0.1) is 0 Å². The number of imide groups is 1.